The zero-order valence-electron chi connectivity index (χ0n) is 18.5. The van der Waals surface area contributed by atoms with Crippen LogP contribution in [-0.2, 0) is 11.8 Å². The highest BCUT2D eigenvalue weighted by molar-refractivity contribution is 5.96. The summed E-state index contributed by atoms with van der Waals surface area (Å²) in [5, 5.41) is 11.2. The maximum atomic E-state index is 15.2. The van der Waals surface area contributed by atoms with Crippen LogP contribution in [0.15, 0.2) is 36.9 Å². The number of nitrogens with zero attached hydrogens (tertiary/aromatic N) is 5. The van der Waals surface area contributed by atoms with Gasteiger partial charge < -0.3 is 14.8 Å². The Kier molecular flexibility index (Phi) is 5.29. The Labute approximate surface area is 189 Å². The lowest BCUT2D eigenvalue weighted by molar-refractivity contribution is 0.0963. The Hall–Kier alpha value is -3.79. The number of rotatable bonds is 5. The number of hydrogen-bond donors (Lipinski definition) is 1. The van der Waals surface area contributed by atoms with Crippen molar-refractivity contribution in [2.45, 2.75) is 19.4 Å². The third-order valence-corrected chi connectivity index (χ3v) is 5.67. The van der Waals surface area contributed by atoms with E-state index in [2.05, 4.69) is 15.5 Å². The Balaban J connectivity index is 1.68. The van der Waals surface area contributed by atoms with Crippen LogP contribution in [0.5, 0.6) is 5.88 Å². The van der Waals surface area contributed by atoms with Gasteiger partial charge in [-0.1, -0.05) is 0 Å². The van der Waals surface area contributed by atoms with Crippen molar-refractivity contribution < 1.29 is 18.7 Å². The molecule has 9 nitrogen and oxygen atoms in total. The highest BCUT2D eigenvalue weighted by Crippen LogP contribution is 2.34. The number of aryl methyl sites for hydroxylation is 2. The molecule has 5 rings (SSSR count). The van der Waals surface area contributed by atoms with E-state index in [-0.39, 0.29) is 17.6 Å². The highest BCUT2D eigenvalue weighted by atomic mass is 19.1. The second-order valence-electron chi connectivity index (χ2n) is 8.03. The van der Waals surface area contributed by atoms with Crippen molar-refractivity contribution in [2.75, 3.05) is 20.3 Å². The van der Waals surface area contributed by atoms with Crippen LogP contribution in [-0.4, -0.2) is 56.7 Å². The van der Waals surface area contributed by atoms with Gasteiger partial charge in [-0.2, -0.15) is 15.2 Å². The molecule has 10 heteroatoms. The number of nitrogens with one attached hydrogen (secondary N) is 1. The number of benzene rings is 1. The molecule has 1 aromatic carbocycles. The Bertz CT molecular complexity index is 1360. The average molecular weight is 450 g/mol. The predicted molar refractivity (Wildman–Crippen MR) is 119 cm³/mol. The predicted octanol–water partition coefficient (Wildman–Crippen LogP) is 2.77. The quantitative estimate of drug-likeness (QED) is 0.502. The van der Waals surface area contributed by atoms with E-state index in [0.29, 0.717) is 47.0 Å². The highest BCUT2D eigenvalue weighted by Gasteiger charge is 2.24. The molecule has 1 aliphatic heterocycles. The Morgan fingerprint density at radius 2 is 2.06 bits per heavy atom. The molecule has 33 heavy (non-hydrogen) atoms. The first-order valence-corrected chi connectivity index (χ1v) is 10.6. The van der Waals surface area contributed by atoms with Crippen molar-refractivity contribution in [2.24, 2.45) is 7.05 Å². The summed E-state index contributed by atoms with van der Waals surface area (Å²) in [6.45, 7) is 2.73. The lowest BCUT2D eigenvalue weighted by Crippen LogP contribution is -2.18. The van der Waals surface area contributed by atoms with Gasteiger partial charge >= 0.3 is 0 Å². The number of halogens is 1. The number of carbonyl (C=O) groups is 1. The van der Waals surface area contributed by atoms with Crippen molar-refractivity contribution in [1.29, 1.82) is 0 Å². The summed E-state index contributed by atoms with van der Waals surface area (Å²) in [5.74, 6) is -0.331. The van der Waals surface area contributed by atoms with Crippen LogP contribution in [0.3, 0.4) is 0 Å². The van der Waals surface area contributed by atoms with E-state index in [4.69, 9.17) is 14.5 Å². The summed E-state index contributed by atoms with van der Waals surface area (Å²) < 4.78 is 30.1. The fraction of sp³-hybridized carbons (Fsp3) is 0.304. The van der Waals surface area contributed by atoms with E-state index >= 15 is 4.39 Å². The molecule has 1 amide bonds. The third kappa shape index (κ3) is 3.82. The molecule has 170 valence electrons. The van der Waals surface area contributed by atoms with Crippen LogP contribution in [0.1, 0.15) is 22.3 Å². The van der Waals surface area contributed by atoms with Gasteiger partial charge in [0.05, 0.1) is 31.2 Å². The molecule has 1 saturated heterocycles. The maximum Gasteiger partial charge on any atom is 0.251 e. The minimum Gasteiger partial charge on any atom is -0.471 e. The van der Waals surface area contributed by atoms with Crippen LogP contribution in [0.4, 0.5) is 4.39 Å². The number of amides is 1. The molecular formula is C23H23FN6O3. The van der Waals surface area contributed by atoms with E-state index in [1.165, 1.54) is 19.2 Å². The minimum absolute atomic E-state index is 0.127. The van der Waals surface area contributed by atoms with Gasteiger partial charge in [-0.25, -0.2) is 8.91 Å². The molecule has 1 N–H and O–H groups in total. The van der Waals surface area contributed by atoms with E-state index in [1.54, 1.807) is 34.7 Å². The number of hydrogen-bond acceptors (Lipinski definition) is 6. The third-order valence-electron chi connectivity index (χ3n) is 5.67. The SMILES string of the molecule is CNC(=O)c1cc(C)c(F)c(-c2cnn3cc(-c4cnn(C)c4)c(O[C@H]4CCOC4)nc23)c1. The summed E-state index contributed by atoms with van der Waals surface area (Å²) in [4.78, 5) is 16.9. The molecule has 0 bridgehead atoms. The molecule has 1 atom stereocenters. The van der Waals surface area contributed by atoms with Crippen molar-refractivity contribution in [1.82, 2.24) is 29.7 Å². The van der Waals surface area contributed by atoms with Crippen LogP contribution in [0.2, 0.25) is 0 Å². The van der Waals surface area contributed by atoms with Gasteiger partial charge in [-0.05, 0) is 24.6 Å². The second-order valence-corrected chi connectivity index (χ2v) is 8.03. The first-order chi connectivity index (χ1) is 15.9. The molecule has 3 aromatic heterocycles. The van der Waals surface area contributed by atoms with Gasteiger partial charge in [0.2, 0.25) is 5.88 Å². The monoisotopic (exact) mass is 450 g/mol. The fourth-order valence-corrected chi connectivity index (χ4v) is 3.94. The molecule has 4 aromatic rings. The van der Waals surface area contributed by atoms with Gasteiger partial charge in [-0.15, -0.1) is 0 Å². The number of aromatic nitrogens is 5. The molecular weight excluding hydrogens is 427 g/mol. The minimum atomic E-state index is -0.428. The molecule has 0 unspecified atom stereocenters. The zero-order chi connectivity index (χ0) is 23.1. The summed E-state index contributed by atoms with van der Waals surface area (Å²) in [6.07, 6.45) is 7.55. The van der Waals surface area contributed by atoms with E-state index in [1.807, 2.05) is 13.2 Å². The number of carbonyl (C=O) groups excluding carboxylic acids is 1. The van der Waals surface area contributed by atoms with Gasteiger partial charge in [0.15, 0.2) is 5.65 Å². The van der Waals surface area contributed by atoms with Crippen molar-refractivity contribution in [3.8, 4) is 28.1 Å². The maximum absolute atomic E-state index is 15.2. The molecule has 4 heterocycles. The first kappa shape index (κ1) is 21.1. The van der Waals surface area contributed by atoms with Crippen LogP contribution < -0.4 is 10.1 Å². The lowest BCUT2D eigenvalue weighted by Gasteiger charge is -2.15. The van der Waals surface area contributed by atoms with Crippen LogP contribution >= 0.6 is 0 Å². The summed E-state index contributed by atoms with van der Waals surface area (Å²) in [7, 11) is 3.37. The van der Waals surface area contributed by atoms with Crippen LogP contribution in [0.25, 0.3) is 27.9 Å². The van der Waals surface area contributed by atoms with Gasteiger partial charge in [-0.3, -0.25) is 9.48 Å². The van der Waals surface area contributed by atoms with Gasteiger partial charge in [0, 0.05) is 55.2 Å². The lowest BCUT2D eigenvalue weighted by atomic mass is 10.0. The van der Waals surface area contributed by atoms with E-state index < -0.39 is 5.82 Å². The van der Waals surface area contributed by atoms with Crippen molar-refractivity contribution in [3.63, 3.8) is 0 Å². The van der Waals surface area contributed by atoms with Gasteiger partial charge in [0.1, 0.15) is 11.9 Å². The Morgan fingerprint density at radius 3 is 2.76 bits per heavy atom. The molecule has 0 saturated carbocycles. The summed E-state index contributed by atoms with van der Waals surface area (Å²) in [5.41, 5.74) is 3.39. The fourth-order valence-electron chi connectivity index (χ4n) is 3.94. The van der Waals surface area contributed by atoms with Gasteiger partial charge in [0.25, 0.3) is 5.91 Å². The molecule has 0 spiro atoms. The van der Waals surface area contributed by atoms with Crippen molar-refractivity contribution >= 4 is 11.6 Å². The standard InChI is InChI=1S/C23H23FN6O3/c1-13-6-14(22(31)25-2)7-17(20(13)24)18-9-27-30-11-19(15-8-26-29(3)10-15)23(28-21(18)30)33-16-4-5-32-12-16/h6-11,16H,4-5,12H2,1-3H3,(H,25,31)/t16-/m0/s1. The first-order valence-electron chi connectivity index (χ1n) is 10.6. The largest absolute Gasteiger partial charge is 0.471 e. The van der Waals surface area contributed by atoms with E-state index in [0.717, 1.165) is 12.0 Å². The summed E-state index contributed by atoms with van der Waals surface area (Å²) in [6, 6.07) is 3.03. The van der Waals surface area contributed by atoms with Crippen molar-refractivity contribution in [3.05, 3.63) is 53.9 Å². The van der Waals surface area contributed by atoms with E-state index in [9.17, 15) is 4.79 Å². The molecule has 0 aliphatic carbocycles. The molecule has 0 radical (unpaired) electrons. The second kappa shape index (κ2) is 8.28. The smallest absolute Gasteiger partial charge is 0.251 e. The molecule has 1 aliphatic rings. The topological polar surface area (TPSA) is 95.6 Å². The number of ether oxygens (including phenoxy) is 2. The van der Waals surface area contributed by atoms with Crippen LogP contribution in [0, 0.1) is 12.7 Å². The normalized spacial score (nSPS) is 15.8. The zero-order valence-corrected chi connectivity index (χ0v) is 18.5. The summed E-state index contributed by atoms with van der Waals surface area (Å²) >= 11 is 0. The Morgan fingerprint density at radius 1 is 1.21 bits per heavy atom. The number of fused-ring (bicyclic) bond motifs is 1. The molecule has 1 fully saturated rings. The average Bonchev–Trinajstić information content (AvgIpc) is 3.56.